The number of hydrogen-bond donors (Lipinski definition) is 2. The van der Waals surface area contributed by atoms with Crippen molar-refractivity contribution in [3.8, 4) is 0 Å². The number of ether oxygens (including phenoxy) is 1. The predicted octanol–water partition coefficient (Wildman–Crippen LogP) is 4.91. The molecule has 0 aromatic carbocycles. The third-order valence-corrected chi connectivity index (χ3v) is 8.50. The summed E-state index contributed by atoms with van der Waals surface area (Å²) in [6, 6.07) is 0. The first kappa shape index (κ1) is 22.8. The van der Waals surface area contributed by atoms with Gasteiger partial charge in [-0.25, -0.2) is 4.79 Å². The topological polar surface area (TPSA) is 92.7 Å². The van der Waals surface area contributed by atoms with E-state index in [1.54, 1.807) is 0 Å². The number of aliphatic carboxylic acids is 1. The molecule has 166 valence electrons. The maximum Gasteiger partial charge on any atom is 0.341 e. The van der Waals surface area contributed by atoms with E-state index in [4.69, 9.17) is 4.74 Å². The summed E-state index contributed by atoms with van der Waals surface area (Å²) in [5.41, 5.74) is 1.66. The third kappa shape index (κ3) is 4.41. The first-order valence-corrected chi connectivity index (χ1v) is 11.8. The second-order valence-corrected chi connectivity index (χ2v) is 10.4. The Balaban J connectivity index is 1.89. The minimum Gasteiger partial charge on any atom is -0.481 e. The van der Waals surface area contributed by atoms with Gasteiger partial charge < -0.3 is 15.2 Å². The Morgan fingerprint density at radius 3 is 2.43 bits per heavy atom. The molecular formula is C23H33NO5S. The Kier molecular flexibility index (Phi) is 6.90. The van der Waals surface area contributed by atoms with E-state index in [-0.39, 0.29) is 11.3 Å². The first-order chi connectivity index (χ1) is 14.2. The SMILES string of the molecule is CCC(C)(C)C1CCc2c(sc(NC(=O)C3CCCCC3C(=O)O)c2C(=O)OC)C1. The van der Waals surface area contributed by atoms with E-state index >= 15 is 0 Å². The van der Waals surface area contributed by atoms with E-state index in [0.717, 1.165) is 49.0 Å². The molecule has 1 amide bonds. The molecule has 2 aliphatic rings. The normalized spacial score (nSPS) is 24.1. The monoisotopic (exact) mass is 435 g/mol. The van der Waals surface area contributed by atoms with Gasteiger partial charge >= 0.3 is 11.9 Å². The summed E-state index contributed by atoms with van der Waals surface area (Å²) in [6.45, 7) is 6.78. The van der Waals surface area contributed by atoms with Gasteiger partial charge in [0.25, 0.3) is 0 Å². The Labute approximate surface area is 182 Å². The molecule has 1 saturated carbocycles. The Morgan fingerprint density at radius 1 is 1.17 bits per heavy atom. The largest absolute Gasteiger partial charge is 0.481 e. The van der Waals surface area contributed by atoms with E-state index in [9.17, 15) is 19.5 Å². The van der Waals surface area contributed by atoms with Crippen LogP contribution >= 0.6 is 11.3 Å². The van der Waals surface area contributed by atoms with Crippen LogP contribution < -0.4 is 5.32 Å². The lowest BCUT2D eigenvalue weighted by molar-refractivity contribution is -0.147. The van der Waals surface area contributed by atoms with Crippen LogP contribution in [0.4, 0.5) is 5.00 Å². The van der Waals surface area contributed by atoms with Gasteiger partial charge in [0.15, 0.2) is 0 Å². The predicted molar refractivity (Wildman–Crippen MR) is 117 cm³/mol. The highest BCUT2D eigenvalue weighted by molar-refractivity contribution is 7.17. The standard InChI is InChI=1S/C23H33NO5S/c1-5-23(2,3)13-10-11-16-17(12-13)30-20(18(16)22(28)29-4)24-19(25)14-8-6-7-9-15(14)21(26)27/h13-15H,5-12H2,1-4H3,(H,24,25)(H,26,27). The highest BCUT2D eigenvalue weighted by Crippen LogP contribution is 2.46. The van der Waals surface area contributed by atoms with Gasteiger partial charge in [-0.1, -0.05) is 40.0 Å². The Morgan fingerprint density at radius 2 is 1.83 bits per heavy atom. The van der Waals surface area contributed by atoms with Gasteiger partial charge in [0.2, 0.25) is 5.91 Å². The number of carbonyl (C=O) groups excluding carboxylic acids is 2. The van der Waals surface area contributed by atoms with Gasteiger partial charge in [0, 0.05) is 4.88 Å². The average molecular weight is 436 g/mol. The molecule has 1 aromatic heterocycles. The number of carboxylic acids is 1. The molecule has 0 aliphatic heterocycles. The summed E-state index contributed by atoms with van der Waals surface area (Å²) in [5.74, 6) is -2.35. The quantitative estimate of drug-likeness (QED) is 0.620. The molecule has 1 fully saturated rings. The molecule has 3 atom stereocenters. The molecule has 3 unspecified atom stereocenters. The molecule has 0 bridgehead atoms. The molecule has 3 rings (SSSR count). The fourth-order valence-electron chi connectivity index (χ4n) is 4.89. The van der Waals surface area contributed by atoms with Crippen LogP contribution in [-0.2, 0) is 27.2 Å². The van der Waals surface area contributed by atoms with Crippen molar-refractivity contribution in [3.05, 3.63) is 16.0 Å². The highest BCUT2D eigenvalue weighted by atomic mass is 32.1. The van der Waals surface area contributed by atoms with Crippen LogP contribution in [0.15, 0.2) is 0 Å². The zero-order valence-corrected chi connectivity index (χ0v) is 19.2. The molecule has 0 saturated heterocycles. The lowest BCUT2D eigenvalue weighted by Crippen LogP contribution is -2.36. The zero-order valence-electron chi connectivity index (χ0n) is 18.4. The van der Waals surface area contributed by atoms with Crippen molar-refractivity contribution in [2.24, 2.45) is 23.2 Å². The minimum atomic E-state index is -0.918. The van der Waals surface area contributed by atoms with Crippen molar-refractivity contribution in [3.63, 3.8) is 0 Å². The molecule has 2 N–H and O–H groups in total. The first-order valence-electron chi connectivity index (χ1n) is 11.0. The van der Waals surface area contributed by atoms with Crippen LogP contribution in [0.25, 0.3) is 0 Å². The number of thiophene rings is 1. The van der Waals surface area contributed by atoms with Gasteiger partial charge in [-0.15, -0.1) is 11.3 Å². The molecule has 2 aliphatic carbocycles. The van der Waals surface area contributed by atoms with E-state index < -0.39 is 23.8 Å². The van der Waals surface area contributed by atoms with E-state index in [2.05, 4.69) is 26.1 Å². The van der Waals surface area contributed by atoms with E-state index in [1.807, 2.05) is 0 Å². The molecular weight excluding hydrogens is 402 g/mol. The van der Waals surface area contributed by atoms with E-state index in [0.29, 0.717) is 29.3 Å². The van der Waals surface area contributed by atoms with Crippen LogP contribution in [-0.4, -0.2) is 30.1 Å². The van der Waals surface area contributed by atoms with Crippen molar-refractivity contribution < 1.29 is 24.2 Å². The summed E-state index contributed by atoms with van der Waals surface area (Å²) in [7, 11) is 1.35. The van der Waals surface area contributed by atoms with Crippen molar-refractivity contribution in [1.29, 1.82) is 0 Å². The number of methoxy groups -OCH3 is 1. The summed E-state index contributed by atoms with van der Waals surface area (Å²) in [6.07, 6.45) is 6.54. The number of fused-ring (bicyclic) bond motifs is 1. The summed E-state index contributed by atoms with van der Waals surface area (Å²) < 4.78 is 5.03. The highest BCUT2D eigenvalue weighted by Gasteiger charge is 2.38. The van der Waals surface area contributed by atoms with Crippen LogP contribution in [0.2, 0.25) is 0 Å². The van der Waals surface area contributed by atoms with Crippen molar-refractivity contribution in [2.75, 3.05) is 12.4 Å². The van der Waals surface area contributed by atoms with E-state index in [1.165, 1.54) is 18.4 Å². The lowest BCUT2D eigenvalue weighted by Gasteiger charge is -2.36. The molecule has 0 radical (unpaired) electrons. The number of anilines is 1. The second kappa shape index (κ2) is 9.08. The van der Waals surface area contributed by atoms with Crippen LogP contribution in [0, 0.1) is 23.2 Å². The fourth-order valence-corrected chi connectivity index (χ4v) is 6.21. The van der Waals surface area contributed by atoms with Crippen molar-refractivity contribution in [2.45, 2.75) is 72.1 Å². The molecule has 1 aromatic rings. The van der Waals surface area contributed by atoms with Gasteiger partial charge in [-0.2, -0.15) is 0 Å². The number of carboxylic acid groups (broad SMARTS) is 1. The van der Waals surface area contributed by atoms with Gasteiger partial charge in [-0.05, 0) is 49.0 Å². The number of nitrogens with one attached hydrogen (secondary N) is 1. The second-order valence-electron chi connectivity index (χ2n) is 9.31. The maximum atomic E-state index is 13.0. The number of carbonyl (C=O) groups is 3. The number of amides is 1. The lowest BCUT2D eigenvalue weighted by atomic mass is 9.69. The summed E-state index contributed by atoms with van der Waals surface area (Å²) in [4.78, 5) is 38.3. The summed E-state index contributed by atoms with van der Waals surface area (Å²) in [5, 5.41) is 13.0. The van der Waals surface area contributed by atoms with Crippen molar-refractivity contribution >= 4 is 34.2 Å². The molecule has 6 nitrogen and oxygen atoms in total. The zero-order chi connectivity index (χ0) is 22.1. The third-order valence-electron chi connectivity index (χ3n) is 7.33. The summed E-state index contributed by atoms with van der Waals surface area (Å²) >= 11 is 1.46. The van der Waals surface area contributed by atoms with Gasteiger partial charge in [-0.3, -0.25) is 9.59 Å². The maximum absolute atomic E-state index is 13.0. The van der Waals surface area contributed by atoms with Crippen LogP contribution in [0.5, 0.6) is 0 Å². The Bertz CT molecular complexity index is 828. The average Bonchev–Trinajstić information content (AvgIpc) is 3.09. The van der Waals surface area contributed by atoms with Crippen LogP contribution in [0.1, 0.15) is 80.1 Å². The smallest absolute Gasteiger partial charge is 0.341 e. The minimum absolute atomic E-state index is 0.216. The van der Waals surface area contributed by atoms with Crippen LogP contribution in [0.3, 0.4) is 0 Å². The number of hydrogen-bond acceptors (Lipinski definition) is 5. The Hall–Kier alpha value is -1.89. The molecule has 30 heavy (non-hydrogen) atoms. The number of rotatable bonds is 6. The molecule has 0 spiro atoms. The van der Waals surface area contributed by atoms with Gasteiger partial charge in [0.05, 0.1) is 24.5 Å². The van der Waals surface area contributed by atoms with Crippen molar-refractivity contribution in [1.82, 2.24) is 0 Å². The van der Waals surface area contributed by atoms with Gasteiger partial charge in [0.1, 0.15) is 5.00 Å². The number of esters is 1. The fraction of sp³-hybridized carbons (Fsp3) is 0.696. The molecule has 1 heterocycles. The molecule has 7 heteroatoms.